The van der Waals surface area contributed by atoms with E-state index in [1.54, 1.807) is 13.1 Å². The van der Waals surface area contributed by atoms with Crippen molar-refractivity contribution < 1.29 is 4.39 Å². The lowest BCUT2D eigenvalue weighted by Gasteiger charge is -1.94. The molecule has 0 bridgehead atoms. The van der Waals surface area contributed by atoms with Gasteiger partial charge in [0.2, 0.25) is 0 Å². The van der Waals surface area contributed by atoms with Crippen LogP contribution in [0.1, 0.15) is 5.69 Å². The van der Waals surface area contributed by atoms with Gasteiger partial charge in [0.05, 0.1) is 17.3 Å². The molecule has 0 saturated heterocycles. The fourth-order valence-corrected chi connectivity index (χ4v) is 1.66. The lowest BCUT2D eigenvalue weighted by Crippen LogP contribution is -1.88. The molecule has 0 unspecified atom stereocenters. The van der Waals surface area contributed by atoms with Crippen molar-refractivity contribution in [3.8, 4) is 0 Å². The summed E-state index contributed by atoms with van der Waals surface area (Å²) in [7, 11) is 0. The molecule has 0 spiro atoms. The number of rotatable bonds is 0. The molecule has 0 aromatic carbocycles. The highest BCUT2D eigenvalue weighted by atomic mass is 127. The van der Waals surface area contributed by atoms with Crippen LogP contribution in [-0.4, -0.2) is 15.2 Å². The molecule has 0 fully saturated rings. The summed E-state index contributed by atoms with van der Waals surface area (Å²) in [5.74, 6) is -0.286. The predicted octanol–water partition coefficient (Wildman–Crippen LogP) is 2.01. The normalized spacial score (nSPS) is 10.9. The number of hydrogen-bond acceptors (Lipinski definition) is 2. The number of nitrogens with zero attached hydrogens (tertiary/aromatic N) is 2. The Morgan fingerprint density at radius 1 is 1.58 bits per heavy atom. The number of nitrogens with one attached hydrogen (secondary N) is 1. The van der Waals surface area contributed by atoms with E-state index >= 15 is 0 Å². The summed E-state index contributed by atoms with van der Waals surface area (Å²) in [6.07, 6.45) is 1.56. The van der Waals surface area contributed by atoms with E-state index in [4.69, 9.17) is 0 Å². The Morgan fingerprint density at radius 3 is 3.08 bits per heavy atom. The van der Waals surface area contributed by atoms with Gasteiger partial charge in [0.15, 0.2) is 5.82 Å². The Bertz CT molecular complexity index is 437. The van der Waals surface area contributed by atoms with E-state index in [9.17, 15) is 4.39 Å². The van der Waals surface area contributed by atoms with Crippen molar-refractivity contribution in [1.82, 2.24) is 15.2 Å². The molecule has 12 heavy (non-hydrogen) atoms. The molecule has 0 radical (unpaired) electrons. The average Bonchev–Trinajstić information content (AvgIpc) is 2.41. The fourth-order valence-electron chi connectivity index (χ4n) is 1.03. The van der Waals surface area contributed by atoms with Crippen LogP contribution in [0.4, 0.5) is 4.39 Å². The van der Waals surface area contributed by atoms with Crippen molar-refractivity contribution in [3.63, 3.8) is 0 Å². The van der Waals surface area contributed by atoms with Crippen LogP contribution in [-0.2, 0) is 0 Å². The van der Waals surface area contributed by atoms with Crippen LogP contribution in [0.3, 0.4) is 0 Å². The van der Waals surface area contributed by atoms with Crippen LogP contribution in [0.15, 0.2) is 6.20 Å². The third-order valence-corrected chi connectivity index (χ3v) is 2.45. The lowest BCUT2D eigenvalue weighted by molar-refractivity contribution is 0.622. The predicted molar refractivity (Wildman–Crippen MR) is 51.3 cm³/mol. The average molecular weight is 277 g/mol. The van der Waals surface area contributed by atoms with Gasteiger partial charge in [-0.3, -0.25) is 10.1 Å². The maximum Gasteiger partial charge on any atom is 0.156 e. The van der Waals surface area contributed by atoms with E-state index in [0.29, 0.717) is 20.3 Å². The van der Waals surface area contributed by atoms with Gasteiger partial charge in [-0.1, -0.05) is 0 Å². The first-order valence-corrected chi connectivity index (χ1v) is 4.42. The molecule has 1 N–H and O–H groups in total. The summed E-state index contributed by atoms with van der Waals surface area (Å²) in [6.45, 7) is 1.64. The number of H-pyrrole nitrogens is 1. The summed E-state index contributed by atoms with van der Waals surface area (Å²) in [6, 6.07) is 0. The van der Waals surface area contributed by atoms with Crippen molar-refractivity contribution in [1.29, 1.82) is 0 Å². The number of aromatic nitrogens is 3. The topological polar surface area (TPSA) is 41.6 Å². The minimum absolute atomic E-state index is 0.286. The smallest absolute Gasteiger partial charge is 0.156 e. The molecule has 2 aromatic heterocycles. The molecule has 0 amide bonds. The standard InChI is InChI=1S/C7H5FIN3/c1-3-6(8)5-4(2-10-3)11-12-7(5)9/h2H,1H3,(H,11,12). The monoisotopic (exact) mass is 277 g/mol. The Labute approximate surface area is 81.5 Å². The largest absolute Gasteiger partial charge is 0.271 e. The van der Waals surface area contributed by atoms with E-state index in [1.807, 2.05) is 22.6 Å². The molecule has 2 rings (SSSR count). The van der Waals surface area contributed by atoms with Gasteiger partial charge in [-0.25, -0.2) is 4.39 Å². The number of hydrogen-bond donors (Lipinski definition) is 1. The van der Waals surface area contributed by atoms with Crippen LogP contribution < -0.4 is 0 Å². The minimum Gasteiger partial charge on any atom is -0.271 e. The van der Waals surface area contributed by atoms with Crippen molar-refractivity contribution >= 4 is 33.5 Å². The van der Waals surface area contributed by atoms with Gasteiger partial charge in [0, 0.05) is 0 Å². The highest BCUT2D eigenvalue weighted by molar-refractivity contribution is 14.1. The molecule has 0 aliphatic rings. The molecule has 0 saturated carbocycles. The van der Waals surface area contributed by atoms with E-state index in [-0.39, 0.29) is 5.82 Å². The first-order chi connectivity index (χ1) is 5.70. The molecule has 0 atom stereocenters. The first kappa shape index (κ1) is 7.90. The Kier molecular flexibility index (Phi) is 1.75. The summed E-state index contributed by atoms with van der Waals surface area (Å²) < 4.78 is 14.1. The first-order valence-electron chi connectivity index (χ1n) is 3.35. The van der Waals surface area contributed by atoms with Gasteiger partial charge in [-0.2, -0.15) is 5.10 Å². The molecule has 2 aromatic rings. The second kappa shape index (κ2) is 2.65. The summed E-state index contributed by atoms with van der Waals surface area (Å²) in [5, 5.41) is 7.12. The Balaban J connectivity index is 2.96. The quantitative estimate of drug-likeness (QED) is 0.748. The van der Waals surface area contributed by atoms with Gasteiger partial charge in [0.25, 0.3) is 0 Å². The third kappa shape index (κ3) is 0.996. The second-order valence-corrected chi connectivity index (χ2v) is 3.53. The van der Waals surface area contributed by atoms with E-state index in [2.05, 4.69) is 15.2 Å². The number of pyridine rings is 1. The third-order valence-electron chi connectivity index (χ3n) is 1.67. The maximum atomic E-state index is 13.4. The van der Waals surface area contributed by atoms with Crippen molar-refractivity contribution in [2.45, 2.75) is 6.92 Å². The van der Waals surface area contributed by atoms with Crippen LogP contribution in [0, 0.1) is 16.4 Å². The SMILES string of the molecule is Cc1ncc2n[nH]c(I)c2c1F. The van der Waals surface area contributed by atoms with E-state index in [0.717, 1.165) is 0 Å². The van der Waals surface area contributed by atoms with Crippen molar-refractivity contribution in [3.05, 3.63) is 21.4 Å². The molecular formula is C7H5FIN3. The molecule has 0 aliphatic carbocycles. The number of aryl methyl sites for hydroxylation is 1. The van der Waals surface area contributed by atoms with Gasteiger partial charge >= 0.3 is 0 Å². The zero-order valence-corrected chi connectivity index (χ0v) is 8.39. The van der Waals surface area contributed by atoms with Gasteiger partial charge in [0.1, 0.15) is 9.22 Å². The highest BCUT2D eigenvalue weighted by Gasteiger charge is 2.10. The number of aromatic amines is 1. The minimum atomic E-state index is -0.286. The van der Waals surface area contributed by atoms with E-state index in [1.165, 1.54) is 0 Å². The van der Waals surface area contributed by atoms with Crippen LogP contribution in [0.5, 0.6) is 0 Å². The fraction of sp³-hybridized carbons (Fsp3) is 0.143. The molecular weight excluding hydrogens is 272 g/mol. The maximum absolute atomic E-state index is 13.4. The van der Waals surface area contributed by atoms with E-state index < -0.39 is 0 Å². The van der Waals surface area contributed by atoms with Crippen LogP contribution >= 0.6 is 22.6 Å². The van der Waals surface area contributed by atoms with Gasteiger partial charge < -0.3 is 0 Å². The molecule has 2 heterocycles. The second-order valence-electron chi connectivity index (χ2n) is 2.46. The lowest BCUT2D eigenvalue weighted by atomic mass is 10.3. The molecule has 3 nitrogen and oxygen atoms in total. The molecule has 62 valence electrons. The van der Waals surface area contributed by atoms with Crippen LogP contribution in [0.2, 0.25) is 0 Å². The highest BCUT2D eigenvalue weighted by Crippen LogP contribution is 2.21. The number of halogens is 2. The Morgan fingerprint density at radius 2 is 2.33 bits per heavy atom. The summed E-state index contributed by atoms with van der Waals surface area (Å²) >= 11 is 2.01. The zero-order valence-electron chi connectivity index (χ0n) is 6.23. The number of fused-ring (bicyclic) bond motifs is 1. The summed E-state index contributed by atoms with van der Waals surface area (Å²) in [5.41, 5.74) is 0.976. The van der Waals surface area contributed by atoms with Crippen LogP contribution in [0.25, 0.3) is 10.9 Å². The summed E-state index contributed by atoms with van der Waals surface area (Å²) in [4.78, 5) is 3.86. The van der Waals surface area contributed by atoms with Crippen molar-refractivity contribution in [2.75, 3.05) is 0 Å². The molecule has 5 heteroatoms. The van der Waals surface area contributed by atoms with Gasteiger partial charge in [-0.05, 0) is 29.5 Å². The zero-order chi connectivity index (χ0) is 8.72. The molecule has 0 aliphatic heterocycles. The Hall–Kier alpha value is -0.720. The van der Waals surface area contributed by atoms with Gasteiger partial charge in [-0.15, -0.1) is 0 Å². The van der Waals surface area contributed by atoms with Crippen molar-refractivity contribution in [2.24, 2.45) is 0 Å².